The molecule has 0 unspecified atom stereocenters. The second-order valence-electron chi connectivity index (χ2n) is 8.59. The van der Waals surface area contributed by atoms with Gasteiger partial charge in [-0.15, -0.1) is 16.4 Å². The van der Waals surface area contributed by atoms with Crippen LogP contribution >= 0.6 is 11.3 Å². The van der Waals surface area contributed by atoms with Gasteiger partial charge in [0.15, 0.2) is 5.01 Å². The first-order chi connectivity index (χ1) is 18.9. The fourth-order valence-corrected chi connectivity index (χ4v) is 5.20. The summed E-state index contributed by atoms with van der Waals surface area (Å²) >= 11 is 0.513. The molecule has 4 aromatic rings. The summed E-state index contributed by atoms with van der Waals surface area (Å²) in [7, 11) is 0. The minimum Gasteiger partial charge on any atom is -0.402 e. The van der Waals surface area contributed by atoms with Crippen molar-refractivity contribution in [2.45, 2.75) is 18.8 Å². The predicted octanol–water partition coefficient (Wildman–Crippen LogP) is 5.24. The Hall–Kier alpha value is -4.36. The Morgan fingerprint density at radius 2 is 1.85 bits per heavy atom. The quantitative estimate of drug-likeness (QED) is 0.348. The normalized spacial score (nSPS) is 17.5. The lowest BCUT2D eigenvalue weighted by atomic mass is 10.0. The van der Waals surface area contributed by atoms with E-state index in [0.717, 1.165) is 11.1 Å². The average Bonchev–Trinajstić information content (AvgIpc) is 3.57. The van der Waals surface area contributed by atoms with E-state index in [2.05, 4.69) is 30.8 Å². The van der Waals surface area contributed by atoms with Gasteiger partial charge in [0.25, 0.3) is 11.8 Å². The number of benzodiazepines with no additional fused rings is 1. The van der Waals surface area contributed by atoms with Gasteiger partial charge in [-0.1, -0.05) is 59.7 Å². The summed E-state index contributed by atoms with van der Waals surface area (Å²) in [5, 5.41) is 12.5. The zero-order chi connectivity index (χ0) is 27.0. The first kappa shape index (κ1) is 24.9. The van der Waals surface area contributed by atoms with Gasteiger partial charge in [0.1, 0.15) is 5.69 Å². The molecule has 0 radical (unpaired) electrons. The number of ether oxygens (including phenoxy) is 1. The van der Waals surface area contributed by atoms with Crippen molar-refractivity contribution in [2.75, 3.05) is 23.8 Å². The van der Waals surface area contributed by atoms with Gasteiger partial charge in [-0.3, -0.25) is 4.79 Å². The third-order valence-electron chi connectivity index (χ3n) is 6.01. The first-order valence-corrected chi connectivity index (χ1v) is 12.7. The highest BCUT2D eigenvalue weighted by molar-refractivity contribution is 7.13. The molecule has 1 amide bonds. The van der Waals surface area contributed by atoms with Gasteiger partial charge in [0.05, 0.1) is 29.5 Å². The number of anilines is 2. The second kappa shape index (κ2) is 10.1. The molecule has 0 aliphatic carbocycles. The Kier molecular flexibility index (Phi) is 6.45. The molecule has 2 N–H and O–H groups in total. The maximum Gasteiger partial charge on any atom is 0.443 e. The van der Waals surface area contributed by atoms with Crippen molar-refractivity contribution in [3.63, 3.8) is 0 Å². The standard InChI is InChI=1S/C26H19F3N6O3S/c27-26(28,29)24-32-19(20(39-24)15-10-12-37-13-11-15)23-34-35-25(38-23)33-21-22(36)30-17-9-5-4-8-16(17)18(31-21)14-6-2-1-3-7-14/h1-10,21H,11-13H2,(H,30,36)(H,33,35)/t21-/m1/s1. The lowest BCUT2D eigenvalue weighted by Crippen LogP contribution is -2.32. The summed E-state index contributed by atoms with van der Waals surface area (Å²) in [5.41, 5.74) is 3.24. The number of alkyl halides is 3. The number of aromatic nitrogens is 3. The number of nitrogens with zero attached hydrogens (tertiary/aromatic N) is 4. The Labute approximate surface area is 223 Å². The molecule has 198 valence electrons. The Morgan fingerprint density at radius 1 is 1.05 bits per heavy atom. The Morgan fingerprint density at radius 3 is 2.62 bits per heavy atom. The van der Waals surface area contributed by atoms with Gasteiger partial charge in [-0.05, 0) is 18.1 Å². The zero-order valence-corrected chi connectivity index (χ0v) is 20.8. The van der Waals surface area contributed by atoms with Crippen molar-refractivity contribution in [3.8, 4) is 11.6 Å². The first-order valence-electron chi connectivity index (χ1n) is 11.9. The van der Waals surface area contributed by atoms with E-state index < -0.39 is 23.3 Å². The molecule has 1 atom stereocenters. The molecule has 0 saturated heterocycles. The molecule has 2 aliphatic heterocycles. The van der Waals surface area contributed by atoms with Crippen LogP contribution in [0.1, 0.15) is 27.4 Å². The number of para-hydroxylation sites is 1. The van der Waals surface area contributed by atoms with Gasteiger partial charge in [0.2, 0.25) is 6.17 Å². The van der Waals surface area contributed by atoms with E-state index in [1.807, 2.05) is 42.5 Å². The van der Waals surface area contributed by atoms with Gasteiger partial charge in [-0.2, -0.15) is 13.2 Å². The fourth-order valence-electron chi connectivity index (χ4n) is 4.21. The number of nitrogens with one attached hydrogen (secondary N) is 2. The monoisotopic (exact) mass is 552 g/mol. The maximum absolute atomic E-state index is 13.5. The number of amides is 1. The minimum absolute atomic E-state index is 0.0766. The highest BCUT2D eigenvalue weighted by Gasteiger charge is 2.38. The van der Waals surface area contributed by atoms with Crippen LogP contribution in [0, 0.1) is 0 Å². The average molecular weight is 553 g/mol. The van der Waals surface area contributed by atoms with Gasteiger partial charge in [-0.25, -0.2) is 9.98 Å². The third kappa shape index (κ3) is 5.05. The van der Waals surface area contributed by atoms with Crippen LogP contribution in [-0.2, 0) is 15.7 Å². The molecular weight excluding hydrogens is 533 g/mol. The van der Waals surface area contributed by atoms with E-state index in [-0.39, 0.29) is 29.1 Å². The van der Waals surface area contributed by atoms with Crippen LogP contribution in [0.4, 0.5) is 24.9 Å². The summed E-state index contributed by atoms with van der Waals surface area (Å²) in [6.45, 7) is 0.660. The summed E-state index contributed by atoms with van der Waals surface area (Å²) in [5.74, 6) is -0.689. The largest absolute Gasteiger partial charge is 0.443 e. The number of halogens is 3. The lowest BCUT2D eigenvalue weighted by Gasteiger charge is -2.12. The van der Waals surface area contributed by atoms with E-state index in [9.17, 15) is 18.0 Å². The van der Waals surface area contributed by atoms with Gasteiger partial charge in [0, 0.05) is 11.1 Å². The molecule has 0 bridgehead atoms. The molecule has 0 fully saturated rings. The van der Waals surface area contributed by atoms with Crippen LogP contribution in [0.2, 0.25) is 0 Å². The van der Waals surface area contributed by atoms with E-state index in [1.165, 1.54) is 0 Å². The summed E-state index contributed by atoms with van der Waals surface area (Å²) in [6.07, 6.45) is -3.67. The molecule has 2 aromatic carbocycles. The van der Waals surface area contributed by atoms with Gasteiger partial charge < -0.3 is 19.8 Å². The van der Waals surface area contributed by atoms with Crippen molar-refractivity contribution < 1.29 is 27.1 Å². The molecule has 9 nitrogen and oxygen atoms in total. The molecule has 0 saturated carbocycles. The van der Waals surface area contributed by atoms with Gasteiger partial charge >= 0.3 is 12.2 Å². The number of fused-ring (bicyclic) bond motifs is 1. The number of aliphatic imine (C=N–C) groups is 1. The maximum atomic E-state index is 13.5. The lowest BCUT2D eigenvalue weighted by molar-refractivity contribution is -0.137. The minimum atomic E-state index is -4.64. The van der Waals surface area contributed by atoms with Crippen LogP contribution < -0.4 is 10.6 Å². The number of rotatable bonds is 5. The SMILES string of the molecule is O=C1Nc2ccccc2C(c2ccccc2)=N[C@@H]1Nc1nnc(-c2nc(C(F)(F)F)sc2C2=CCOCC2)o1. The molecule has 0 spiro atoms. The van der Waals surface area contributed by atoms with Crippen molar-refractivity contribution in [1.29, 1.82) is 0 Å². The fraction of sp³-hybridized carbons (Fsp3) is 0.192. The number of hydrogen-bond acceptors (Lipinski definition) is 9. The highest BCUT2D eigenvalue weighted by atomic mass is 32.1. The summed E-state index contributed by atoms with van der Waals surface area (Å²) < 4.78 is 51.5. The zero-order valence-electron chi connectivity index (χ0n) is 20.0. The molecule has 6 rings (SSSR count). The number of thiazole rings is 1. The van der Waals surface area contributed by atoms with Crippen molar-refractivity contribution >= 4 is 40.2 Å². The van der Waals surface area contributed by atoms with Crippen LogP contribution in [0.15, 0.2) is 70.1 Å². The molecule has 13 heteroatoms. The number of benzene rings is 2. The predicted molar refractivity (Wildman–Crippen MR) is 138 cm³/mol. The van der Waals surface area contributed by atoms with Crippen LogP contribution in [0.3, 0.4) is 0 Å². The molecule has 2 aliphatic rings. The Bertz CT molecular complexity index is 1600. The van der Waals surface area contributed by atoms with Crippen molar-refractivity contribution in [1.82, 2.24) is 15.2 Å². The number of carbonyl (C=O) groups excluding carboxylic acids is 1. The summed E-state index contributed by atoms with van der Waals surface area (Å²) in [6, 6.07) is 16.4. The van der Waals surface area contributed by atoms with Crippen molar-refractivity contribution in [3.05, 3.63) is 81.7 Å². The molecule has 2 aromatic heterocycles. The molecular formula is C26H19F3N6O3S. The van der Waals surface area contributed by atoms with Crippen molar-refractivity contribution in [2.24, 2.45) is 4.99 Å². The Balaban J connectivity index is 1.35. The van der Waals surface area contributed by atoms with E-state index in [4.69, 9.17) is 9.15 Å². The molecule has 4 heterocycles. The van der Waals surface area contributed by atoms with Crippen LogP contribution in [-0.4, -0.2) is 46.2 Å². The second-order valence-corrected chi connectivity index (χ2v) is 9.59. The number of carbonyl (C=O) groups is 1. The summed E-state index contributed by atoms with van der Waals surface area (Å²) in [4.78, 5) is 21.8. The highest BCUT2D eigenvalue weighted by Crippen LogP contribution is 2.41. The van der Waals surface area contributed by atoms with E-state index >= 15 is 0 Å². The van der Waals surface area contributed by atoms with E-state index in [0.29, 0.717) is 41.3 Å². The van der Waals surface area contributed by atoms with E-state index in [1.54, 1.807) is 18.2 Å². The number of hydrogen-bond donors (Lipinski definition) is 2. The smallest absolute Gasteiger partial charge is 0.402 e. The third-order valence-corrected chi connectivity index (χ3v) is 7.18. The topological polar surface area (TPSA) is 115 Å². The van der Waals surface area contributed by atoms with Crippen LogP contribution in [0.25, 0.3) is 17.2 Å². The van der Waals surface area contributed by atoms with Crippen LogP contribution in [0.5, 0.6) is 0 Å². The molecule has 39 heavy (non-hydrogen) atoms.